The number of hydrogen-bond donors (Lipinski definition) is 3. The van der Waals surface area contributed by atoms with Gasteiger partial charge in [0.15, 0.2) is 5.96 Å². The van der Waals surface area contributed by atoms with E-state index in [0.29, 0.717) is 6.54 Å². The molecule has 34 heavy (non-hydrogen) atoms. The van der Waals surface area contributed by atoms with Crippen molar-refractivity contribution in [1.29, 1.82) is 0 Å². The van der Waals surface area contributed by atoms with Crippen LogP contribution in [0.15, 0.2) is 53.5 Å². The number of nitrogens with zero attached hydrogens (tertiary/aromatic N) is 3. The third-order valence-corrected chi connectivity index (χ3v) is 4.76. The molecule has 1 aliphatic heterocycles. The number of halogens is 4. The standard InChI is InChI=1S/C20H23FN4O2.C2HF3O2/c1-24-10-12-25(13-11-24)20(22-14-15-2-6-17(21)7-3-15)23-18-8-4-16(5-9-18)19(26)27;3-2(4,5)1(6)7/h2-9H,10-14H2,1H3,(H,22,23)(H,26,27);(H,6,7). The van der Waals surface area contributed by atoms with Gasteiger partial charge in [-0.2, -0.15) is 13.2 Å². The van der Waals surface area contributed by atoms with Gasteiger partial charge in [-0.1, -0.05) is 12.1 Å². The predicted molar refractivity (Wildman–Crippen MR) is 117 cm³/mol. The van der Waals surface area contributed by atoms with Crippen molar-refractivity contribution in [3.05, 3.63) is 65.5 Å². The van der Waals surface area contributed by atoms with E-state index >= 15 is 0 Å². The molecule has 0 radical (unpaired) electrons. The van der Waals surface area contributed by atoms with Crippen molar-refractivity contribution in [2.24, 2.45) is 4.99 Å². The van der Waals surface area contributed by atoms with E-state index in [-0.39, 0.29) is 11.4 Å². The second-order valence-corrected chi connectivity index (χ2v) is 7.37. The molecule has 0 bridgehead atoms. The Hall–Kier alpha value is -3.67. The van der Waals surface area contributed by atoms with Crippen LogP contribution < -0.4 is 5.32 Å². The van der Waals surface area contributed by atoms with Gasteiger partial charge in [0.1, 0.15) is 5.82 Å². The van der Waals surface area contributed by atoms with Crippen LogP contribution in [0.3, 0.4) is 0 Å². The molecule has 184 valence electrons. The predicted octanol–water partition coefficient (Wildman–Crippen LogP) is 3.37. The number of nitrogens with one attached hydrogen (secondary N) is 1. The smallest absolute Gasteiger partial charge is 0.478 e. The van der Waals surface area contributed by atoms with E-state index in [4.69, 9.17) is 20.0 Å². The minimum Gasteiger partial charge on any atom is -0.478 e. The van der Waals surface area contributed by atoms with Gasteiger partial charge >= 0.3 is 18.1 Å². The number of hydrogen-bond acceptors (Lipinski definition) is 4. The highest BCUT2D eigenvalue weighted by atomic mass is 19.4. The highest BCUT2D eigenvalue weighted by Crippen LogP contribution is 2.14. The van der Waals surface area contributed by atoms with Crippen molar-refractivity contribution in [1.82, 2.24) is 9.80 Å². The maximum Gasteiger partial charge on any atom is 0.490 e. The van der Waals surface area contributed by atoms with Crippen LogP contribution in [0.25, 0.3) is 0 Å². The number of carboxylic acids is 2. The molecule has 2 aromatic rings. The van der Waals surface area contributed by atoms with Crippen LogP contribution in [0, 0.1) is 5.82 Å². The molecule has 1 aliphatic rings. The van der Waals surface area contributed by atoms with Crippen LogP contribution in [0.2, 0.25) is 0 Å². The van der Waals surface area contributed by atoms with E-state index in [1.54, 1.807) is 36.4 Å². The molecule has 0 spiro atoms. The molecule has 3 N–H and O–H groups in total. The molecule has 1 heterocycles. The third-order valence-electron chi connectivity index (χ3n) is 4.76. The summed E-state index contributed by atoms with van der Waals surface area (Å²) in [6, 6.07) is 12.9. The quantitative estimate of drug-likeness (QED) is 0.347. The Bertz CT molecular complexity index is 987. The lowest BCUT2D eigenvalue weighted by Crippen LogP contribution is -2.49. The van der Waals surface area contributed by atoms with Gasteiger partial charge in [0.05, 0.1) is 12.1 Å². The zero-order chi connectivity index (χ0) is 25.3. The Morgan fingerprint density at radius 1 is 0.971 bits per heavy atom. The average Bonchev–Trinajstić information content (AvgIpc) is 2.78. The molecule has 1 saturated heterocycles. The zero-order valence-electron chi connectivity index (χ0n) is 18.2. The average molecular weight is 484 g/mol. The summed E-state index contributed by atoms with van der Waals surface area (Å²) in [7, 11) is 2.09. The maximum absolute atomic E-state index is 13.1. The van der Waals surface area contributed by atoms with Crippen LogP contribution in [-0.2, 0) is 11.3 Å². The monoisotopic (exact) mass is 484 g/mol. The second-order valence-electron chi connectivity index (χ2n) is 7.37. The van der Waals surface area contributed by atoms with Gasteiger partial charge in [-0.25, -0.2) is 19.0 Å². The molecule has 0 aliphatic carbocycles. The van der Waals surface area contributed by atoms with E-state index < -0.39 is 18.1 Å². The van der Waals surface area contributed by atoms with Crippen molar-refractivity contribution in [3.63, 3.8) is 0 Å². The summed E-state index contributed by atoms with van der Waals surface area (Å²) < 4.78 is 44.8. The lowest BCUT2D eigenvalue weighted by molar-refractivity contribution is -0.192. The Labute approximate surface area is 193 Å². The molecule has 1 fully saturated rings. The molecular formula is C22H24F4N4O4. The Morgan fingerprint density at radius 3 is 1.97 bits per heavy atom. The molecule has 8 nitrogen and oxygen atoms in total. The summed E-state index contributed by atoms with van der Waals surface area (Å²) in [4.78, 5) is 29.0. The SMILES string of the molecule is CN1CCN(C(=NCc2ccc(F)cc2)Nc2ccc(C(=O)O)cc2)CC1.O=C(O)C(F)(F)F. The van der Waals surface area contributed by atoms with Crippen molar-refractivity contribution >= 4 is 23.6 Å². The minimum absolute atomic E-state index is 0.241. The maximum atomic E-state index is 13.1. The summed E-state index contributed by atoms with van der Waals surface area (Å²) >= 11 is 0. The first-order valence-electron chi connectivity index (χ1n) is 10.1. The molecule has 0 saturated carbocycles. The Kier molecular flexibility index (Phi) is 9.36. The number of carboxylic acid groups (broad SMARTS) is 2. The first kappa shape index (κ1) is 26.6. The van der Waals surface area contributed by atoms with Crippen molar-refractivity contribution < 1.29 is 37.4 Å². The number of rotatable bonds is 4. The number of carbonyl (C=O) groups is 2. The summed E-state index contributed by atoms with van der Waals surface area (Å²) in [6.45, 7) is 4.00. The Morgan fingerprint density at radius 2 is 1.50 bits per heavy atom. The van der Waals surface area contributed by atoms with E-state index in [1.807, 2.05) is 0 Å². The van der Waals surface area contributed by atoms with Gasteiger partial charge in [-0.05, 0) is 49.0 Å². The molecule has 0 aromatic heterocycles. The lowest BCUT2D eigenvalue weighted by atomic mass is 10.2. The van der Waals surface area contributed by atoms with Gasteiger partial charge in [0.2, 0.25) is 0 Å². The van der Waals surface area contributed by atoms with Crippen LogP contribution in [0.5, 0.6) is 0 Å². The minimum atomic E-state index is -5.08. The van der Waals surface area contributed by atoms with E-state index in [9.17, 15) is 22.4 Å². The number of aliphatic carboxylic acids is 1. The summed E-state index contributed by atoms with van der Waals surface area (Å²) in [5, 5.41) is 19.5. The molecule has 2 aromatic carbocycles. The number of guanidine groups is 1. The summed E-state index contributed by atoms with van der Waals surface area (Å²) in [5.41, 5.74) is 1.94. The molecule has 12 heteroatoms. The van der Waals surface area contributed by atoms with Gasteiger partial charge < -0.3 is 25.3 Å². The van der Waals surface area contributed by atoms with Crippen molar-refractivity contribution in [2.75, 3.05) is 38.5 Å². The molecule has 0 atom stereocenters. The van der Waals surface area contributed by atoms with Crippen molar-refractivity contribution in [2.45, 2.75) is 12.7 Å². The highest BCUT2D eigenvalue weighted by Gasteiger charge is 2.38. The lowest BCUT2D eigenvalue weighted by Gasteiger charge is -2.34. The molecular weight excluding hydrogens is 460 g/mol. The number of benzene rings is 2. The van der Waals surface area contributed by atoms with Gasteiger partial charge in [-0.3, -0.25) is 0 Å². The van der Waals surface area contributed by atoms with Gasteiger partial charge in [-0.15, -0.1) is 0 Å². The van der Waals surface area contributed by atoms with Gasteiger partial charge in [0, 0.05) is 31.9 Å². The normalized spacial score (nSPS) is 14.7. The fourth-order valence-corrected chi connectivity index (χ4v) is 2.82. The van der Waals surface area contributed by atoms with Crippen LogP contribution in [0.4, 0.5) is 23.2 Å². The number of likely N-dealkylation sites (N-methyl/N-ethyl adjacent to an activating group) is 1. The molecule has 0 unspecified atom stereocenters. The second kappa shape index (κ2) is 12.0. The fraction of sp³-hybridized carbons (Fsp3) is 0.318. The molecule has 0 amide bonds. The number of alkyl halides is 3. The first-order valence-corrected chi connectivity index (χ1v) is 10.1. The largest absolute Gasteiger partial charge is 0.490 e. The highest BCUT2D eigenvalue weighted by molar-refractivity contribution is 5.94. The van der Waals surface area contributed by atoms with E-state index in [0.717, 1.165) is 43.4 Å². The number of piperazine rings is 1. The number of aliphatic imine (C=N–C) groups is 1. The number of aromatic carboxylic acids is 1. The van der Waals surface area contributed by atoms with E-state index in [1.165, 1.54) is 12.1 Å². The van der Waals surface area contributed by atoms with Crippen molar-refractivity contribution in [3.8, 4) is 0 Å². The Balaban J connectivity index is 0.000000509. The first-order chi connectivity index (χ1) is 16.0. The molecule has 3 rings (SSSR count). The fourth-order valence-electron chi connectivity index (χ4n) is 2.82. The zero-order valence-corrected chi connectivity index (χ0v) is 18.2. The number of anilines is 1. The van der Waals surface area contributed by atoms with Gasteiger partial charge in [0.25, 0.3) is 0 Å². The summed E-state index contributed by atoms with van der Waals surface area (Å²) in [5.74, 6) is -3.24. The van der Waals surface area contributed by atoms with Crippen LogP contribution in [-0.4, -0.2) is 77.3 Å². The van der Waals surface area contributed by atoms with Crippen LogP contribution in [0.1, 0.15) is 15.9 Å². The topological polar surface area (TPSA) is 105 Å². The summed E-state index contributed by atoms with van der Waals surface area (Å²) in [6.07, 6.45) is -5.08. The van der Waals surface area contributed by atoms with E-state index in [2.05, 4.69) is 22.2 Å². The van der Waals surface area contributed by atoms with Crippen LogP contribution >= 0.6 is 0 Å². The third kappa shape index (κ3) is 8.70.